The maximum atomic E-state index is 13.7. The monoisotopic (exact) mass is 412 g/mol. The van der Waals surface area contributed by atoms with Gasteiger partial charge in [0.15, 0.2) is 5.43 Å². The van der Waals surface area contributed by atoms with Gasteiger partial charge in [-0.2, -0.15) is 0 Å². The normalized spacial score (nSPS) is 15.9. The van der Waals surface area contributed by atoms with Gasteiger partial charge in [-0.25, -0.2) is 0 Å². The minimum atomic E-state index is -0.449. The molecule has 0 bridgehead atoms. The lowest BCUT2D eigenvalue weighted by Crippen LogP contribution is -2.35. The summed E-state index contributed by atoms with van der Waals surface area (Å²) in [6.07, 6.45) is 0. The Labute approximate surface area is 180 Å². The van der Waals surface area contributed by atoms with E-state index in [4.69, 9.17) is 4.42 Å². The summed E-state index contributed by atoms with van der Waals surface area (Å²) in [7, 11) is 3.94. The van der Waals surface area contributed by atoms with Crippen molar-refractivity contribution in [1.82, 2.24) is 9.80 Å². The molecule has 0 radical (unpaired) electrons. The molecule has 156 valence electrons. The summed E-state index contributed by atoms with van der Waals surface area (Å²) in [5, 5.41) is 2.33. The van der Waals surface area contributed by atoms with Crippen LogP contribution in [0.5, 0.6) is 0 Å². The minimum absolute atomic E-state index is 0.131. The zero-order chi connectivity index (χ0) is 21.7. The van der Waals surface area contributed by atoms with Gasteiger partial charge in [-0.1, -0.05) is 60.2 Å². The van der Waals surface area contributed by atoms with E-state index < -0.39 is 6.04 Å². The Kier molecular flexibility index (Phi) is 4.63. The van der Waals surface area contributed by atoms with Gasteiger partial charge in [-0.3, -0.25) is 9.59 Å². The van der Waals surface area contributed by atoms with Gasteiger partial charge in [0.2, 0.25) is 5.76 Å². The van der Waals surface area contributed by atoms with Crippen LogP contribution in [0.1, 0.15) is 33.3 Å². The van der Waals surface area contributed by atoms with Crippen molar-refractivity contribution >= 4 is 27.6 Å². The lowest BCUT2D eigenvalue weighted by atomic mass is 9.97. The number of aryl methyl sites for hydroxylation is 1. The third-order valence-corrected chi connectivity index (χ3v) is 6.04. The Hall–Kier alpha value is -3.44. The van der Waals surface area contributed by atoms with Crippen molar-refractivity contribution in [1.29, 1.82) is 0 Å². The van der Waals surface area contributed by atoms with E-state index in [1.807, 2.05) is 86.6 Å². The molecule has 2 heterocycles. The van der Waals surface area contributed by atoms with E-state index in [0.29, 0.717) is 29.6 Å². The highest BCUT2D eigenvalue weighted by Gasteiger charge is 2.42. The highest BCUT2D eigenvalue weighted by Crippen LogP contribution is 2.39. The molecule has 4 aromatic rings. The predicted octanol–water partition coefficient (Wildman–Crippen LogP) is 4.36. The van der Waals surface area contributed by atoms with Crippen LogP contribution in [0.25, 0.3) is 21.7 Å². The predicted molar refractivity (Wildman–Crippen MR) is 123 cm³/mol. The molecule has 0 aliphatic carbocycles. The first-order valence-corrected chi connectivity index (χ1v) is 10.5. The van der Waals surface area contributed by atoms with Crippen molar-refractivity contribution in [2.45, 2.75) is 13.0 Å². The van der Waals surface area contributed by atoms with Crippen molar-refractivity contribution in [3.63, 3.8) is 0 Å². The average molecular weight is 412 g/mol. The maximum Gasteiger partial charge on any atom is 0.290 e. The minimum Gasteiger partial charge on any atom is -0.450 e. The molecular weight excluding hydrogens is 388 g/mol. The van der Waals surface area contributed by atoms with Crippen LogP contribution in [0.3, 0.4) is 0 Å². The fourth-order valence-electron chi connectivity index (χ4n) is 4.38. The summed E-state index contributed by atoms with van der Waals surface area (Å²) < 4.78 is 6.22. The van der Waals surface area contributed by atoms with Crippen molar-refractivity contribution in [3.8, 4) is 0 Å². The molecule has 1 amide bonds. The zero-order valence-corrected chi connectivity index (χ0v) is 17.9. The van der Waals surface area contributed by atoms with Crippen molar-refractivity contribution in [3.05, 3.63) is 93.3 Å². The van der Waals surface area contributed by atoms with Crippen LogP contribution in [-0.4, -0.2) is 42.9 Å². The first kappa shape index (κ1) is 19.5. The first-order chi connectivity index (χ1) is 15.0. The number of rotatable bonds is 4. The van der Waals surface area contributed by atoms with Gasteiger partial charge in [-0.15, -0.1) is 0 Å². The molecule has 5 rings (SSSR count). The molecule has 1 atom stereocenters. The number of hydrogen-bond donors (Lipinski definition) is 0. The lowest BCUT2D eigenvalue weighted by molar-refractivity contribution is 0.0716. The molecule has 3 aromatic carbocycles. The molecule has 0 saturated heterocycles. The van der Waals surface area contributed by atoms with Gasteiger partial charge in [0, 0.05) is 18.5 Å². The standard InChI is InChI=1S/C26H24N2O3/c1-16-8-10-18(11-9-16)22-21-23(29)20-13-12-17-6-4-5-7-19(17)24(20)31-25(21)26(30)28(22)15-14-27(2)3/h4-13,22H,14-15H2,1-3H3. The number of hydrogen-bond acceptors (Lipinski definition) is 4. The smallest absolute Gasteiger partial charge is 0.290 e. The molecule has 0 fully saturated rings. The third-order valence-electron chi connectivity index (χ3n) is 6.04. The quantitative estimate of drug-likeness (QED) is 0.468. The van der Waals surface area contributed by atoms with Crippen LogP contribution in [0.15, 0.2) is 69.9 Å². The summed E-state index contributed by atoms with van der Waals surface area (Å²) >= 11 is 0. The molecule has 1 aliphatic heterocycles. The fraction of sp³-hybridized carbons (Fsp3) is 0.231. The molecule has 1 aromatic heterocycles. The highest BCUT2D eigenvalue weighted by atomic mass is 16.3. The van der Waals surface area contributed by atoms with Crippen LogP contribution in [0.2, 0.25) is 0 Å². The van der Waals surface area contributed by atoms with Gasteiger partial charge < -0.3 is 14.2 Å². The van der Waals surface area contributed by atoms with Crippen LogP contribution < -0.4 is 5.43 Å². The van der Waals surface area contributed by atoms with Crippen LogP contribution in [0.4, 0.5) is 0 Å². The average Bonchev–Trinajstić information content (AvgIpc) is 3.05. The van der Waals surface area contributed by atoms with Gasteiger partial charge in [0.05, 0.1) is 17.0 Å². The molecule has 0 saturated carbocycles. The van der Waals surface area contributed by atoms with E-state index in [1.54, 1.807) is 4.90 Å². The molecule has 5 heteroatoms. The molecular formula is C26H24N2O3. The Morgan fingerprint density at radius 3 is 2.42 bits per heavy atom. The molecule has 1 unspecified atom stereocenters. The van der Waals surface area contributed by atoms with E-state index in [-0.39, 0.29) is 17.1 Å². The number of amides is 1. The van der Waals surface area contributed by atoms with Gasteiger partial charge in [-0.05, 0) is 38.0 Å². The Bertz CT molecular complexity index is 1370. The molecule has 5 nitrogen and oxygen atoms in total. The molecule has 31 heavy (non-hydrogen) atoms. The summed E-state index contributed by atoms with van der Waals surface area (Å²) in [6.45, 7) is 3.22. The largest absolute Gasteiger partial charge is 0.450 e. The van der Waals surface area contributed by atoms with E-state index in [1.165, 1.54) is 0 Å². The zero-order valence-electron chi connectivity index (χ0n) is 17.9. The van der Waals surface area contributed by atoms with E-state index >= 15 is 0 Å². The number of fused-ring (bicyclic) bond motifs is 4. The summed E-state index contributed by atoms with van der Waals surface area (Å²) in [5.41, 5.74) is 2.84. The van der Waals surface area contributed by atoms with Gasteiger partial charge >= 0.3 is 0 Å². The van der Waals surface area contributed by atoms with Gasteiger partial charge in [0.1, 0.15) is 5.58 Å². The highest BCUT2D eigenvalue weighted by molar-refractivity contribution is 6.06. The second-order valence-electron chi connectivity index (χ2n) is 8.45. The first-order valence-electron chi connectivity index (χ1n) is 10.5. The van der Waals surface area contributed by atoms with Crippen molar-refractivity contribution in [2.75, 3.05) is 27.2 Å². The number of likely N-dealkylation sites (N-methyl/N-ethyl adjacent to an activating group) is 1. The van der Waals surface area contributed by atoms with E-state index in [2.05, 4.69) is 0 Å². The number of nitrogens with zero attached hydrogens (tertiary/aromatic N) is 2. The Balaban J connectivity index is 1.77. The molecule has 0 spiro atoms. The summed E-state index contributed by atoms with van der Waals surface area (Å²) in [5.74, 6) is -0.0625. The number of carbonyl (C=O) groups is 1. The molecule has 1 aliphatic rings. The number of carbonyl (C=O) groups excluding carboxylic acids is 1. The Morgan fingerprint density at radius 2 is 1.68 bits per heavy atom. The second kappa shape index (κ2) is 7.36. The third kappa shape index (κ3) is 3.13. The topological polar surface area (TPSA) is 53.8 Å². The summed E-state index contributed by atoms with van der Waals surface area (Å²) in [6, 6.07) is 19.1. The Morgan fingerprint density at radius 1 is 0.935 bits per heavy atom. The van der Waals surface area contributed by atoms with E-state index in [9.17, 15) is 9.59 Å². The molecule has 0 N–H and O–H groups in total. The van der Waals surface area contributed by atoms with Crippen LogP contribution in [0, 0.1) is 6.92 Å². The van der Waals surface area contributed by atoms with Crippen LogP contribution in [-0.2, 0) is 0 Å². The van der Waals surface area contributed by atoms with E-state index in [0.717, 1.165) is 21.9 Å². The number of benzene rings is 3. The van der Waals surface area contributed by atoms with Crippen molar-refractivity contribution in [2.24, 2.45) is 0 Å². The lowest BCUT2D eigenvalue weighted by Gasteiger charge is -2.26. The van der Waals surface area contributed by atoms with Crippen LogP contribution >= 0.6 is 0 Å². The summed E-state index contributed by atoms with van der Waals surface area (Å²) in [4.78, 5) is 31.0. The SMILES string of the molecule is Cc1ccc(C2c3c(oc4c(ccc5ccccc54)c3=O)C(=O)N2CCN(C)C)cc1. The second-order valence-corrected chi connectivity index (χ2v) is 8.45. The fourth-order valence-corrected chi connectivity index (χ4v) is 4.38. The van der Waals surface area contributed by atoms with Gasteiger partial charge in [0.25, 0.3) is 5.91 Å². The maximum absolute atomic E-state index is 13.7. The van der Waals surface area contributed by atoms with Crippen molar-refractivity contribution < 1.29 is 9.21 Å².